The second-order valence-electron chi connectivity index (χ2n) is 4.93. The molecule has 1 atom stereocenters. The summed E-state index contributed by atoms with van der Waals surface area (Å²) in [7, 11) is 3.69. The summed E-state index contributed by atoms with van der Waals surface area (Å²) in [5.41, 5.74) is 2.04. The Morgan fingerprint density at radius 1 is 1.23 bits per heavy atom. The lowest BCUT2D eigenvalue weighted by Gasteiger charge is -2.32. The van der Waals surface area contributed by atoms with Crippen LogP contribution in [0.2, 0.25) is 5.15 Å². The summed E-state index contributed by atoms with van der Waals surface area (Å²) >= 11 is 7.75. The number of ether oxygens (including phenoxy) is 1. The molecule has 1 aromatic heterocycles. The molecule has 1 aliphatic rings. The summed E-state index contributed by atoms with van der Waals surface area (Å²) in [5, 5.41) is 1.17. The van der Waals surface area contributed by atoms with Gasteiger partial charge >= 0.3 is 0 Å². The quantitative estimate of drug-likeness (QED) is 0.481. The fraction of sp³-hybridized carbons (Fsp3) is 0.250. The van der Waals surface area contributed by atoms with Crippen molar-refractivity contribution in [3.8, 4) is 5.75 Å². The maximum Gasteiger partial charge on any atom is 0.190 e. The molecule has 0 fully saturated rings. The van der Waals surface area contributed by atoms with Crippen molar-refractivity contribution in [1.29, 1.82) is 0 Å². The predicted octanol–water partition coefficient (Wildman–Crippen LogP) is 4.06. The first kappa shape index (κ1) is 15.2. The Labute approximate surface area is 139 Å². The number of likely N-dealkylation sites (N-methyl/N-ethyl adjacent to an activating group) is 1. The van der Waals surface area contributed by atoms with Crippen molar-refractivity contribution < 1.29 is 4.74 Å². The van der Waals surface area contributed by atoms with Crippen molar-refractivity contribution in [1.82, 2.24) is 9.97 Å². The van der Waals surface area contributed by atoms with E-state index in [1.807, 2.05) is 31.5 Å². The molecule has 1 aliphatic heterocycles. The molecule has 0 bridgehead atoms. The average Bonchev–Trinajstić information content (AvgIpc) is 2.56. The van der Waals surface area contributed by atoms with Gasteiger partial charge in [0, 0.05) is 7.05 Å². The van der Waals surface area contributed by atoms with Crippen LogP contribution < -0.4 is 9.64 Å². The zero-order chi connectivity index (χ0) is 15.7. The number of anilines is 1. The molecule has 0 amide bonds. The smallest absolute Gasteiger partial charge is 0.190 e. The molecule has 114 valence electrons. The molecule has 0 radical (unpaired) electrons. The number of halogens is 1. The third kappa shape index (κ3) is 2.66. The second-order valence-corrected chi connectivity index (χ2v) is 6.06. The van der Waals surface area contributed by atoms with Crippen LogP contribution in [0, 0.1) is 0 Å². The standard InChI is InChI=1S/C16H16ClN3OS/c1-20-13(10-4-6-11(21-2)7-5-10)9-8-12-14(17)18-16(22-3)19-15(12)20/h4-9,13H,1-3H3. The van der Waals surface area contributed by atoms with Gasteiger partial charge in [0.2, 0.25) is 0 Å². The molecule has 0 saturated heterocycles. The lowest BCUT2D eigenvalue weighted by molar-refractivity contribution is 0.414. The van der Waals surface area contributed by atoms with Crippen LogP contribution in [0.5, 0.6) is 5.75 Å². The number of thioether (sulfide) groups is 1. The Morgan fingerprint density at radius 2 is 1.95 bits per heavy atom. The van der Waals surface area contributed by atoms with Crippen LogP contribution in [0.1, 0.15) is 17.2 Å². The Bertz CT molecular complexity index is 718. The number of methoxy groups -OCH3 is 1. The highest BCUT2D eigenvalue weighted by molar-refractivity contribution is 7.98. The van der Waals surface area contributed by atoms with Crippen LogP contribution >= 0.6 is 23.4 Å². The lowest BCUT2D eigenvalue weighted by Crippen LogP contribution is -2.27. The Morgan fingerprint density at radius 3 is 2.59 bits per heavy atom. The van der Waals surface area contributed by atoms with E-state index in [4.69, 9.17) is 16.3 Å². The van der Waals surface area contributed by atoms with E-state index in [-0.39, 0.29) is 6.04 Å². The van der Waals surface area contributed by atoms with E-state index in [2.05, 4.69) is 33.1 Å². The minimum absolute atomic E-state index is 0.110. The number of fused-ring (bicyclic) bond motifs is 1. The third-order valence-corrected chi connectivity index (χ3v) is 4.53. The van der Waals surface area contributed by atoms with Gasteiger partial charge in [0.25, 0.3) is 0 Å². The molecule has 1 unspecified atom stereocenters. The van der Waals surface area contributed by atoms with Crippen molar-refractivity contribution in [2.75, 3.05) is 25.3 Å². The first-order valence-corrected chi connectivity index (χ1v) is 8.41. The van der Waals surface area contributed by atoms with Crippen molar-refractivity contribution in [3.63, 3.8) is 0 Å². The highest BCUT2D eigenvalue weighted by atomic mass is 35.5. The van der Waals surface area contributed by atoms with Crippen molar-refractivity contribution in [2.24, 2.45) is 0 Å². The normalized spacial score (nSPS) is 16.5. The van der Waals surface area contributed by atoms with E-state index in [1.54, 1.807) is 7.11 Å². The van der Waals surface area contributed by atoms with Gasteiger partial charge in [0.15, 0.2) is 5.16 Å². The molecule has 0 N–H and O–H groups in total. The van der Waals surface area contributed by atoms with E-state index >= 15 is 0 Å². The van der Waals surface area contributed by atoms with Crippen molar-refractivity contribution in [3.05, 3.63) is 46.6 Å². The summed E-state index contributed by atoms with van der Waals surface area (Å²) in [6, 6.07) is 8.17. The predicted molar refractivity (Wildman–Crippen MR) is 92.0 cm³/mol. The number of benzene rings is 1. The fourth-order valence-corrected chi connectivity index (χ4v) is 3.14. The third-order valence-electron chi connectivity index (χ3n) is 3.69. The highest BCUT2D eigenvalue weighted by Gasteiger charge is 2.24. The summed E-state index contributed by atoms with van der Waals surface area (Å²) in [5.74, 6) is 1.70. The molecule has 4 nitrogen and oxygen atoms in total. The molecule has 22 heavy (non-hydrogen) atoms. The molecule has 2 heterocycles. The topological polar surface area (TPSA) is 38.3 Å². The van der Waals surface area contributed by atoms with Gasteiger partial charge in [-0.1, -0.05) is 41.6 Å². The van der Waals surface area contributed by atoms with Gasteiger partial charge in [0.1, 0.15) is 16.7 Å². The summed E-state index contributed by atoms with van der Waals surface area (Å²) in [6.07, 6.45) is 6.05. The molecule has 0 saturated carbocycles. The van der Waals surface area contributed by atoms with E-state index < -0.39 is 0 Å². The van der Waals surface area contributed by atoms with Crippen molar-refractivity contribution >= 4 is 35.3 Å². The van der Waals surface area contributed by atoms with Crippen LogP contribution in [0.15, 0.2) is 35.5 Å². The number of aromatic nitrogens is 2. The maximum absolute atomic E-state index is 6.27. The van der Waals surface area contributed by atoms with E-state index in [9.17, 15) is 0 Å². The average molecular weight is 334 g/mol. The van der Waals surface area contributed by atoms with Gasteiger partial charge in [-0.15, -0.1) is 0 Å². The molecule has 0 spiro atoms. The first-order valence-electron chi connectivity index (χ1n) is 6.80. The largest absolute Gasteiger partial charge is 0.497 e. The molecule has 1 aromatic carbocycles. The maximum atomic E-state index is 6.27. The van der Waals surface area contributed by atoms with Gasteiger partial charge in [-0.05, 0) is 30.0 Å². The van der Waals surface area contributed by atoms with Crippen LogP contribution in [-0.2, 0) is 0 Å². The van der Waals surface area contributed by atoms with Crippen LogP contribution in [0.4, 0.5) is 5.82 Å². The molecule has 3 rings (SSSR count). The Balaban J connectivity index is 2.00. The number of hydrogen-bond donors (Lipinski definition) is 0. The molecule has 2 aromatic rings. The van der Waals surface area contributed by atoms with Gasteiger partial charge in [-0.2, -0.15) is 0 Å². The number of hydrogen-bond acceptors (Lipinski definition) is 5. The monoisotopic (exact) mass is 333 g/mol. The summed E-state index contributed by atoms with van der Waals surface area (Å²) < 4.78 is 5.21. The van der Waals surface area contributed by atoms with Gasteiger partial charge in [-0.25, -0.2) is 9.97 Å². The molecular formula is C16H16ClN3OS. The van der Waals surface area contributed by atoms with E-state index in [0.717, 1.165) is 17.1 Å². The summed E-state index contributed by atoms with van der Waals surface area (Å²) in [4.78, 5) is 11.0. The number of nitrogens with zero attached hydrogens (tertiary/aromatic N) is 3. The molecule has 6 heteroatoms. The van der Waals surface area contributed by atoms with Gasteiger partial charge in [-0.3, -0.25) is 0 Å². The number of rotatable bonds is 3. The Hall–Kier alpha value is -1.72. The van der Waals surface area contributed by atoms with Gasteiger partial charge in [0.05, 0.1) is 18.7 Å². The van der Waals surface area contributed by atoms with Crippen LogP contribution in [0.25, 0.3) is 6.08 Å². The van der Waals surface area contributed by atoms with E-state index in [0.29, 0.717) is 10.3 Å². The van der Waals surface area contributed by atoms with Crippen LogP contribution in [0.3, 0.4) is 0 Å². The molecular weight excluding hydrogens is 318 g/mol. The van der Waals surface area contributed by atoms with Crippen LogP contribution in [-0.4, -0.2) is 30.4 Å². The fourth-order valence-electron chi connectivity index (χ4n) is 2.50. The molecule has 0 aliphatic carbocycles. The second kappa shape index (κ2) is 6.18. The minimum Gasteiger partial charge on any atom is -0.497 e. The lowest BCUT2D eigenvalue weighted by atomic mass is 10.0. The zero-order valence-corrected chi connectivity index (χ0v) is 14.1. The highest BCUT2D eigenvalue weighted by Crippen LogP contribution is 2.37. The SMILES string of the molecule is COc1ccc(C2C=Cc3c(Cl)nc(SC)nc3N2C)cc1. The van der Waals surface area contributed by atoms with Crippen molar-refractivity contribution in [2.45, 2.75) is 11.2 Å². The Kier molecular flexibility index (Phi) is 4.27. The van der Waals surface area contributed by atoms with E-state index in [1.165, 1.54) is 17.3 Å². The minimum atomic E-state index is 0.110. The van der Waals surface area contributed by atoms with Gasteiger partial charge < -0.3 is 9.64 Å². The zero-order valence-electron chi connectivity index (χ0n) is 12.6. The first-order chi connectivity index (χ1) is 10.6. The summed E-state index contributed by atoms with van der Waals surface area (Å²) in [6.45, 7) is 0.